The lowest BCUT2D eigenvalue weighted by Crippen LogP contribution is -2.16. The SMILES string of the molecule is CC(C)[C@H](O)CCc1ccc(C(C)(C)C)c(OCc2ccccc2)c1. The summed E-state index contributed by atoms with van der Waals surface area (Å²) in [6, 6.07) is 16.8. The lowest BCUT2D eigenvalue weighted by molar-refractivity contribution is 0.116. The summed E-state index contributed by atoms with van der Waals surface area (Å²) in [6.07, 6.45) is 1.40. The lowest BCUT2D eigenvalue weighted by atomic mass is 9.85. The fraction of sp³-hybridized carbons (Fsp3) is 0.478. The second-order valence-corrected chi connectivity index (χ2v) is 8.20. The smallest absolute Gasteiger partial charge is 0.123 e. The van der Waals surface area contributed by atoms with E-state index in [0.717, 1.165) is 18.6 Å². The fourth-order valence-corrected chi connectivity index (χ4v) is 2.84. The van der Waals surface area contributed by atoms with Crippen LogP contribution in [0.5, 0.6) is 5.75 Å². The lowest BCUT2D eigenvalue weighted by Gasteiger charge is -2.24. The standard InChI is InChI=1S/C23H32O2/c1-17(2)21(24)14-12-18-11-13-20(23(3,4)5)22(15-18)25-16-19-9-7-6-8-10-19/h6-11,13,15,17,21,24H,12,14,16H2,1-5H3/t21-/m1/s1. The first-order chi connectivity index (χ1) is 11.8. The van der Waals surface area contributed by atoms with Gasteiger partial charge in [0.05, 0.1) is 6.10 Å². The summed E-state index contributed by atoms with van der Waals surface area (Å²) in [7, 11) is 0. The Morgan fingerprint density at radius 3 is 2.24 bits per heavy atom. The number of rotatable bonds is 7. The molecule has 0 aliphatic heterocycles. The Kier molecular flexibility index (Phi) is 6.66. The number of hydrogen-bond donors (Lipinski definition) is 1. The first kappa shape index (κ1) is 19.5. The van der Waals surface area contributed by atoms with Crippen molar-refractivity contribution in [2.75, 3.05) is 0 Å². The van der Waals surface area contributed by atoms with Crippen LogP contribution in [0.4, 0.5) is 0 Å². The molecule has 2 heteroatoms. The first-order valence-corrected chi connectivity index (χ1v) is 9.25. The quantitative estimate of drug-likeness (QED) is 0.720. The van der Waals surface area contributed by atoms with E-state index in [1.165, 1.54) is 16.7 Å². The van der Waals surface area contributed by atoms with Crippen molar-refractivity contribution in [1.29, 1.82) is 0 Å². The van der Waals surface area contributed by atoms with Crippen LogP contribution >= 0.6 is 0 Å². The van der Waals surface area contributed by atoms with Crippen LogP contribution in [0.25, 0.3) is 0 Å². The Morgan fingerprint density at radius 2 is 1.64 bits per heavy atom. The third-order valence-corrected chi connectivity index (χ3v) is 4.59. The predicted molar refractivity (Wildman–Crippen MR) is 105 cm³/mol. The topological polar surface area (TPSA) is 29.5 Å². The van der Waals surface area contributed by atoms with E-state index < -0.39 is 0 Å². The summed E-state index contributed by atoms with van der Waals surface area (Å²) in [4.78, 5) is 0. The van der Waals surface area contributed by atoms with Crippen LogP contribution in [-0.2, 0) is 18.4 Å². The number of benzene rings is 2. The molecule has 0 saturated heterocycles. The molecule has 2 nitrogen and oxygen atoms in total. The molecule has 2 aromatic rings. The summed E-state index contributed by atoms with van der Waals surface area (Å²) in [5, 5.41) is 10.1. The van der Waals surface area contributed by atoms with Gasteiger partial charge in [-0.05, 0) is 46.9 Å². The fourth-order valence-electron chi connectivity index (χ4n) is 2.84. The van der Waals surface area contributed by atoms with Gasteiger partial charge >= 0.3 is 0 Å². The van der Waals surface area contributed by atoms with E-state index in [1.807, 2.05) is 18.2 Å². The van der Waals surface area contributed by atoms with E-state index >= 15 is 0 Å². The van der Waals surface area contributed by atoms with E-state index in [-0.39, 0.29) is 11.5 Å². The highest BCUT2D eigenvalue weighted by Gasteiger charge is 2.20. The van der Waals surface area contributed by atoms with Gasteiger partial charge in [0.1, 0.15) is 12.4 Å². The van der Waals surface area contributed by atoms with Gasteiger partial charge in [-0.2, -0.15) is 0 Å². The van der Waals surface area contributed by atoms with E-state index in [2.05, 4.69) is 65.0 Å². The monoisotopic (exact) mass is 340 g/mol. The molecule has 0 radical (unpaired) electrons. The minimum atomic E-state index is -0.254. The van der Waals surface area contributed by atoms with Crippen LogP contribution in [0.15, 0.2) is 48.5 Å². The number of ether oxygens (including phenoxy) is 1. The van der Waals surface area contributed by atoms with Gasteiger partial charge < -0.3 is 9.84 Å². The summed E-state index contributed by atoms with van der Waals surface area (Å²) in [5.74, 6) is 1.25. The van der Waals surface area contributed by atoms with Crippen molar-refractivity contribution in [3.8, 4) is 5.75 Å². The zero-order valence-electron chi connectivity index (χ0n) is 16.3. The number of aliphatic hydroxyl groups is 1. The Balaban J connectivity index is 2.16. The molecule has 0 unspecified atom stereocenters. The zero-order chi connectivity index (χ0) is 18.4. The average Bonchev–Trinajstić information content (AvgIpc) is 2.57. The Morgan fingerprint density at radius 1 is 0.960 bits per heavy atom. The average molecular weight is 341 g/mol. The van der Waals surface area contributed by atoms with Crippen LogP contribution in [0.1, 0.15) is 57.7 Å². The molecule has 0 amide bonds. The Labute approximate surface area is 152 Å². The van der Waals surface area contributed by atoms with E-state index in [1.54, 1.807) is 0 Å². The second kappa shape index (κ2) is 8.53. The normalized spacial score (nSPS) is 13.1. The molecule has 0 fully saturated rings. The number of aliphatic hydroxyl groups excluding tert-OH is 1. The molecule has 0 heterocycles. The molecular weight excluding hydrogens is 308 g/mol. The first-order valence-electron chi connectivity index (χ1n) is 9.25. The van der Waals surface area contributed by atoms with Crippen LogP contribution < -0.4 is 4.74 Å². The van der Waals surface area contributed by atoms with Crippen LogP contribution in [0.3, 0.4) is 0 Å². The van der Waals surface area contributed by atoms with Crippen LogP contribution in [0, 0.1) is 5.92 Å². The molecule has 0 bridgehead atoms. The van der Waals surface area contributed by atoms with Gasteiger partial charge in [0, 0.05) is 0 Å². The second-order valence-electron chi connectivity index (χ2n) is 8.20. The molecule has 2 aromatic carbocycles. The highest BCUT2D eigenvalue weighted by atomic mass is 16.5. The largest absolute Gasteiger partial charge is 0.489 e. The molecule has 0 saturated carbocycles. The van der Waals surface area contributed by atoms with Crippen molar-refractivity contribution < 1.29 is 9.84 Å². The minimum Gasteiger partial charge on any atom is -0.489 e. The van der Waals surface area contributed by atoms with Gasteiger partial charge in [-0.1, -0.05) is 77.1 Å². The van der Waals surface area contributed by atoms with Crippen molar-refractivity contribution in [2.24, 2.45) is 5.92 Å². The molecule has 0 aromatic heterocycles. The van der Waals surface area contributed by atoms with Crippen molar-refractivity contribution in [2.45, 2.75) is 65.6 Å². The Hall–Kier alpha value is -1.80. The summed E-state index contributed by atoms with van der Waals surface area (Å²) < 4.78 is 6.18. The maximum absolute atomic E-state index is 10.1. The van der Waals surface area contributed by atoms with Gasteiger partial charge in [0.15, 0.2) is 0 Å². The highest BCUT2D eigenvalue weighted by Crippen LogP contribution is 2.33. The van der Waals surface area contributed by atoms with Gasteiger partial charge in [-0.15, -0.1) is 0 Å². The number of hydrogen-bond acceptors (Lipinski definition) is 2. The number of aryl methyl sites for hydroxylation is 1. The van der Waals surface area contributed by atoms with Crippen LogP contribution in [-0.4, -0.2) is 11.2 Å². The Bertz CT molecular complexity index is 654. The van der Waals surface area contributed by atoms with Gasteiger partial charge in [0.25, 0.3) is 0 Å². The molecule has 0 aliphatic carbocycles. The highest BCUT2D eigenvalue weighted by molar-refractivity contribution is 5.42. The maximum Gasteiger partial charge on any atom is 0.123 e. The molecule has 0 aliphatic rings. The van der Waals surface area contributed by atoms with Crippen LogP contribution in [0.2, 0.25) is 0 Å². The zero-order valence-corrected chi connectivity index (χ0v) is 16.3. The maximum atomic E-state index is 10.1. The summed E-state index contributed by atoms with van der Waals surface area (Å²) in [6.45, 7) is 11.3. The molecule has 25 heavy (non-hydrogen) atoms. The summed E-state index contributed by atoms with van der Waals surface area (Å²) in [5.41, 5.74) is 3.64. The van der Waals surface area contributed by atoms with Crippen molar-refractivity contribution in [3.05, 3.63) is 65.2 Å². The van der Waals surface area contributed by atoms with Crippen molar-refractivity contribution in [1.82, 2.24) is 0 Å². The van der Waals surface area contributed by atoms with Gasteiger partial charge in [-0.25, -0.2) is 0 Å². The van der Waals surface area contributed by atoms with Gasteiger partial charge in [0.2, 0.25) is 0 Å². The molecule has 1 N–H and O–H groups in total. The van der Waals surface area contributed by atoms with Gasteiger partial charge in [-0.3, -0.25) is 0 Å². The summed E-state index contributed by atoms with van der Waals surface area (Å²) >= 11 is 0. The molecule has 0 spiro atoms. The molecule has 2 rings (SSSR count). The third kappa shape index (κ3) is 5.89. The third-order valence-electron chi connectivity index (χ3n) is 4.59. The minimum absolute atomic E-state index is 0.0298. The molecule has 136 valence electrons. The van der Waals surface area contributed by atoms with E-state index in [9.17, 15) is 5.11 Å². The van der Waals surface area contributed by atoms with E-state index in [0.29, 0.717) is 12.5 Å². The van der Waals surface area contributed by atoms with Crippen molar-refractivity contribution >= 4 is 0 Å². The molecule has 1 atom stereocenters. The molecular formula is C23H32O2. The van der Waals surface area contributed by atoms with Crippen molar-refractivity contribution in [3.63, 3.8) is 0 Å². The predicted octanol–water partition coefficient (Wildman–Crippen LogP) is 5.51. The van der Waals surface area contributed by atoms with E-state index in [4.69, 9.17) is 4.74 Å².